The smallest absolute Gasteiger partial charge is 0.312 e. The Morgan fingerprint density at radius 2 is 1.16 bits per heavy atom. The Hall–Kier alpha value is -1.10. The van der Waals surface area contributed by atoms with Crippen LogP contribution in [-0.2, 0) is 9.59 Å². The molecule has 0 radical (unpaired) electrons. The molecule has 0 spiro atoms. The standard InChI is InChI=1S/C14H25N3O2/c18-13(16-9-4-2-1-3-5-10-16)14(19)17-11-6-7-15-8-12-17/h15H,1-12H2. The summed E-state index contributed by atoms with van der Waals surface area (Å²) in [5, 5.41) is 3.25. The van der Waals surface area contributed by atoms with Gasteiger partial charge in [-0.2, -0.15) is 0 Å². The third-order valence-corrected chi connectivity index (χ3v) is 3.95. The van der Waals surface area contributed by atoms with Crippen LogP contribution in [0.15, 0.2) is 0 Å². The van der Waals surface area contributed by atoms with Crippen LogP contribution in [0.3, 0.4) is 0 Å². The summed E-state index contributed by atoms with van der Waals surface area (Å²) in [6.45, 7) is 4.57. The number of rotatable bonds is 0. The van der Waals surface area contributed by atoms with Crippen LogP contribution in [-0.4, -0.2) is 60.9 Å². The van der Waals surface area contributed by atoms with Gasteiger partial charge in [0, 0.05) is 32.7 Å². The second-order valence-electron chi connectivity index (χ2n) is 5.46. The first-order valence-corrected chi connectivity index (χ1v) is 7.58. The molecule has 5 nitrogen and oxygen atoms in total. The molecule has 1 N–H and O–H groups in total. The second kappa shape index (κ2) is 7.48. The molecule has 0 atom stereocenters. The van der Waals surface area contributed by atoms with E-state index in [4.69, 9.17) is 0 Å². The lowest BCUT2D eigenvalue weighted by Crippen LogP contribution is -2.47. The van der Waals surface area contributed by atoms with E-state index in [1.54, 1.807) is 9.80 Å². The molecule has 0 bridgehead atoms. The fourth-order valence-corrected chi connectivity index (χ4v) is 2.77. The normalized spacial score (nSPS) is 22.3. The molecule has 0 aromatic rings. The highest BCUT2D eigenvalue weighted by Gasteiger charge is 2.27. The number of likely N-dealkylation sites (tertiary alicyclic amines) is 1. The molecule has 19 heavy (non-hydrogen) atoms. The highest BCUT2D eigenvalue weighted by molar-refractivity contribution is 6.34. The summed E-state index contributed by atoms with van der Waals surface area (Å²) >= 11 is 0. The van der Waals surface area contributed by atoms with Crippen molar-refractivity contribution < 1.29 is 9.59 Å². The van der Waals surface area contributed by atoms with Gasteiger partial charge in [0.05, 0.1) is 0 Å². The van der Waals surface area contributed by atoms with Gasteiger partial charge in [0.1, 0.15) is 0 Å². The van der Waals surface area contributed by atoms with Gasteiger partial charge in [-0.25, -0.2) is 0 Å². The highest BCUT2D eigenvalue weighted by Crippen LogP contribution is 2.11. The number of hydrogen-bond acceptors (Lipinski definition) is 3. The summed E-state index contributed by atoms with van der Waals surface area (Å²) in [6, 6.07) is 0. The monoisotopic (exact) mass is 267 g/mol. The lowest BCUT2D eigenvalue weighted by molar-refractivity contribution is -0.151. The maximum Gasteiger partial charge on any atom is 0.312 e. The van der Waals surface area contributed by atoms with Crippen molar-refractivity contribution in [3.63, 3.8) is 0 Å². The van der Waals surface area contributed by atoms with Crippen LogP contribution in [0, 0.1) is 0 Å². The predicted octanol–water partition coefficient (Wildman–Crippen LogP) is 0.601. The molecule has 2 fully saturated rings. The van der Waals surface area contributed by atoms with E-state index in [-0.39, 0.29) is 11.8 Å². The first kappa shape index (κ1) is 14.3. The van der Waals surface area contributed by atoms with Crippen LogP contribution < -0.4 is 5.32 Å². The van der Waals surface area contributed by atoms with Crippen LogP contribution in [0.2, 0.25) is 0 Å². The third-order valence-electron chi connectivity index (χ3n) is 3.95. The lowest BCUT2D eigenvalue weighted by atomic mass is 10.1. The quantitative estimate of drug-likeness (QED) is 0.654. The zero-order valence-electron chi connectivity index (χ0n) is 11.7. The van der Waals surface area contributed by atoms with Gasteiger partial charge in [-0.05, 0) is 25.8 Å². The van der Waals surface area contributed by atoms with Crippen molar-refractivity contribution in [1.29, 1.82) is 0 Å². The topological polar surface area (TPSA) is 52.7 Å². The van der Waals surface area contributed by atoms with E-state index in [1.165, 1.54) is 19.3 Å². The second-order valence-corrected chi connectivity index (χ2v) is 5.46. The van der Waals surface area contributed by atoms with Crippen molar-refractivity contribution in [2.75, 3.05) is 39.3 Å². The van der Waals surface area contributed by atoms with E-state index in [0.717, 1.165) is 45.4 Å². The summed E-state index contributed by atoms with van der Waals surface area (Å²) < 4.78 is 0. The van der Waals surface area contributed by atoms with Crippen molar-refractivity contribution in [1.82, 2.24) is 15.1 Å². The number of carbonyl (C=O) groups is 2. The molecule has 2 aliphatic rings. The molecular formula is C14H25N3O2. The number of carbonyl (C=O) groups excluding carboxylic acids is 2. The molecule has 0 aromatic heterocycles. The number of nitrogens with one attached hydrogen (secondary N) is 1. The van der Waals surface area contributed by atoms with Gasteiger partial charge in [-0.15, -0.1) is 0 Å². The number of hydrogen-bond donors (Lipinski definition) is 1. The summed E-state index contributed by atoms with van der Waals surface area (Å²) in [7, 11) is 0. The molecule has 0 saturated carbocycles. The van der Waals surface area contributed by atoms with Crippen LogP contribution in [0.25, 0.3) is 0 Å². The zero-order valence-corrected chi connectivity index (χ0v) is 11.7. The average Bonchev–Trinajstić information content (AvgIpc) is 2.65. The number of nitrogens with zero attached hydrogens (tertiary/aromatic N) is 2. The van der Waals surface area contributed by atoms with Crippen LogP contribution in [0.1, 0.15) is 38.5 Å². The fraction of sp³-hybridized carbons (Fsp3) is 0.857. The molecule has 2 amide bonds. The Kier molecular flexibility index (Phi) is 5.63. The molecule has 0 aliphatic carbocycles. The van der Waals surface area contributed by atoms with E-state index in [1.807, 2.05) is 0 Å². The predicted molar refractivity (Wildman–Crippen MR) is 73.7 cm³/mol. The summed E-state index contributed by atoms with van der Waals surface area (Å²) in [5.41, 5.74) is 0. The maximum atomic E-state index is 12.3. The molecule has 108 valence electrons. The van der Waals surface area contributed by atoms with E-state index in [2.05, 4.69) is 5.32 Å². The van der Waals surface area contributed by atoms with Crippen molar-refractivity contribution in [2.45, 2.75) is 38.5 Å². The van der Waals surface area contributed by atoms with Crippen molar-refractivity contribution in [3.8, 4) is 0 Å². The Labute approximate surface area is 115 Å². The van der Waals surface area contributed by atoms with E-state index in [9.17, 15) is 9.59 Å². The Morgan fingerprint density at radius 1 is 0.632 bits per heavy atom. The Balaban J connectivity index is 1.90. The molecule has 2 heterocycles. The van der Waals surface area contributed by atoms with E-state index < -0.39 is 0 Å². The van der Waals surface area contributed by atoms with Crippen molar-refractivity contribution >= 4 is 11.8 Å². The van der Waals surface area contributed by atoms with Gasteiger partial charge in [-0.3, -0.25) is 9.59 Å². The first-order chi connectivity index (χ1) is 9.29. The van der Waals surface area contributed by atoms with Gasteiger partial charge in [-0.1, -0.05) is 19.3 Å². The SMILES string of the molecule is O=C(C(=O)N1CCCNCC1)N1CCCCCCC1. The molecule has 0 unspecified atom stereocenters. The van der Waals surface area contributed by atoms with Gasteiger partial charge in [0.15, 0.2) is 0 Å². The molecule has 0 aromatic carbocycles. The minimum absolute atomic E-state index is 0.288. The maximum absolute atomic E-state index is 12.3. The molecule has 5 heteroatoms. The van der Waals surface area contributed by atoms with Gasteiger partial charge < -0.3 is 15.1 Å². The summed E-state index contributed by atoms with van der Waals surface area (Å²) in [4.78, 5) is 28.0. The summed E-state index contributed by atoms with van der Waals surface area (Å²) in [6.07, 6.45) is 6.59. The molecule has 2 saturated heterocycles. The molecular weight excluding hydrogens is 242 g/mol. The number of amides is 2. The fourth-order valence-electron chi connectivity index (χ4n) is 2.77. The van der Waals surface area contributed by atoms with Crippen molar-refractivity contribution in [3.05, 3.63) is 0 Å². The average molecular weight is 267 g/mol. The van der Waals surface area contributed by atoms with E-state index in [0.29, 0.717) is 13.1 Å². The largest absolute Gasteiger partial charge is 0.334 e. The van der Waals surface area contributed by atoms with E-state index >= 15 is 0 Å². The van der Waals surface area contributed by atoms with Crippen LogP contribution in [0.4, 0.5) is 0 Å². The van der Waals surface area contributed by atoms with Crippen LogP contribution in [0.5, 0.6) is 0 Å². The van der Waals surface area contributed by atoms with Gasteiger partial charge in [0.2, 0.25) is 0 Å². The zero-order chi connectivity index (χ0) is 13.5. The Bertz CT molecular complexity index is 304. The highest BCUT2D eigenvalue weighted by atomic mass is 16.2. The Morgan fingerprint density at radius 3 is 1.84 bits per heavy atom. The molecule has 2 rings (SSSR count). The van der Waals surface area contributed by atoms with Gasteiger partial charge >= 0.3 is 11.8 Å². The third kappa shape index (κ3) is 4.20. The first-order valence-electron chi connectivity index (χ1n) is 7.58. The minimum Gasteiger partial charge on any atom is -0.334 e. The van der Waals surface area contributed by atoms with Gasteiger partial charge in [0.25, 0.3) is 0 Å². The summed E-state index contributed by atoms with van der Waals surface area (Å²) in [5.74, 6) is -0.590. The van der Waals surface area contributed by atoms with Crippen molar-refractivity contribution in [2.24, 2.45) is 0 Å². The lowest BCUT2D eigenvalue weighted by Gasteiger charge is -2.27. The minimum atomic E-state index is -0.302. The van der Waals surface area contributed by atoms with Crippen LogP contribution >= 0.6 is 0 Å². The molecule has 2 aliphatic heterocycles.